The van der Waals surface area contributed by atoms with Crippen LogP contribution in [0.3, 0.4) is 0 Å². The highest BCUT2D eigenvalue weighted by molar-refractivity contribution is 5.69. The van der Waals surface area contributed by atoms with Crippen LogP contribution in [-0.2, 0) is 4.74 Å². The molecule has 1 amide bonds. The Kier molecular flexibility index (Phi) is 3.89. The molecule has 6 nitrogen and oxygen atoms in total. The Morgan fingerprint density at radius 2 is 2.05 bits per heavy atom. The number of rotatable bonds is 2. The van der Waals surface area contributed by atoms with Crippen LogP contribution >= 0.6 is 0 Å². The van der Waals surface area contributed by atoms with Gasteiger partial charge in [-0.05, 0) is 20.8 Å². The summed E-state index contributed by atoms with van der Waals surface area (Å²) in [6, 6.07) is 0. The molecule has 0 spiro atoms. The first-order chi connectivity index (χ1) is 9.28. The molecule has 1 N–H and O–H groups in total. The molecule has 2 rings (SSSR count). The van der Waals surface area contributed by atoms with Crippen molar-refractivity contribution in [2.45, 2.75) is 32.5 Å². The van der Waals surface area contributed by atoms with Crippen molar-refractivity contribution in [2.24, 2.45) is 5.92 Å². The number of carbonyl (C=O) groups excluding carboxylic acids is 1. The number of amides is 1. The maximum absolute atomic E-state index is 13.4. The summed E-state index contributed by atoms with van der Waals surface area (Å²) < 4.78 is 18.6. The van der Waals surface area contributed by atoms with Crippen LogP contribution in [0.4, 0.5) is 9.18 Å². The fourth-order valence-electron chi connectivity index (χ4n) is 1.94. The second-order valence-corrected chi connectivity index (χ2v) is 5.82. The lowest BCUT2D eigenvalue weighted by Gasteiger charge is -2.41. The average molecular weight is 283 g/mol. The van der Waals surface area contributed by atoms with Crippen molar-refractivity contribution < 1.29 is 19.0 Å². The van der Waals surface area contributed by atoms with Crippen molar-refractivity contribution in [3.8, 4) is 0 Å². The summed E-state index contributed by atoms with van der Waals surface area (Å²) >= 11 is 0. The molecule has 1 atom stereocenters. The van der Waals surface area contributed by atoms with Gasteiger partial charge in [-0.3, -0.25) is 4.98 Å². The first-order valence-electron chi connectivity index (χ1n) is 6.40. The lowest BCUT2D eigenvalue weighted by atomic mass is 9.92. The molecule has 20 heavy (non-hydrogen) atoms. The second kappa shape index (κ2) is 5.32. The predicted octanol–water partition coefficient (Wildman–Crippen LogP) is 1.52. The maximum Gasteiger partial charge on any atom is 0.410 e. The Hall–Kier alpha value is -1.76. The van der Waals surface area contributed by atoms with E-state index in [1.54, 1.807) is 20.8 Å². The number of nitrogens with zero attached hydrogens (tertiary/aromatic N) is 3. The molecule has 1 fully saturated rings. The molecule has 0 aromatic carbocycles. The molecule has 7 heteroatoms. The molecule has 1 saturated heterocycles. The Morgan fingerprint density at radius 3 is 2.60 bits per heavy atom. The van der Waals surface area contributed by atoms with E-state index in [0.29, 0.717) is 13.1 Å². The third kappa shape index (κ3) is 3.22. The highest BCUT2D eigenvalue weighted by Gasteiger charge is 2.39. The summed E-state index contributed by atoms with van der Waals surface area (Å²) in [6.07, 6.45) is 1.05. The number of aliphatic hydroxyl groups is 1. The number of hydrogen-bond donors (Lipinski definition) is 1. The molecule has 0 bridgehead atoms. The molecule has 1 unspecified atom stereocenters. The van der Waals surface area contributed by atoms with Gasteiger partial charge < -0.3 is 14.7 Å². The summed E-state index contributed by atoms with van der Waals surface area (Å²) in [4.78, 5) is 20.4. The van der Waals surface area contributed by atoms with Gasteiger partial charge >= 0.3 is 6.09 Å². The van der Waals surface area contributed by atoms with E-state index in [9.17, 15) is 14.3 Å². The van der Waals surface area contributed by atoms with Gasteiger partial charge in [-0.2, -0.15) is 4.39 Å². The van der Waals surface area contributed by atoms with E-state index < -0.39 is 23.7 Å². The molecule has 1 aromatic rings. The van der Waals surface area contributed by atoms with Gasteiger partial charge in [0.15, 0.2) is 0 Å². The van der Waals surface area contributed by atoms with Crippen LogP contribution in [0.15, 0.2) is 12.4 Å². The number of aromatic nitrogens is 2. The molecule has 2 heterocycles. The average Bonchev–Trinajstić information content (AvgIpc) is 2.24. The van der Waals surface area contributed by atoms with Crippen molar-refractivity contribution in [1.82, 2.24) is 14.9 Å². The minimum atomic E-state index is -1.07. The van der Waals surface area contributed by atoms with E-state index in [-0.39, 0.29) is 11.6 Å². The van der Waals surface area contributed by atoms with Gasteiger partial charge in [0.05, 0.1) is 0 Å². The summed E-state index contributed by atoms with van der Waals surface area (Å²) in [6.45, 7) is 5.97. The van der Waals surface area contributed by atoms with Gasteiger partial charge in [-0.15, -0.1) is 0 Å². The van der Waals surface area contributed by atoms with E-state index in [1.807, 2.05) is 0 Å². The van der Waals surface area contributed by atoms with Crippen molar-refractivity contribution in [2.75, 3.05) is 13.1 Å². The normalized spacial score (nSPS) is 17.6. The lowest BCUT2D eigenvalue weighted by Crippen LogP contribution is -2.53. The van der Waals surface area contributed by atoms with E-state index in [1.165, 1.54) is 17.3 Å². The maximum atomic E-state index is 13.4. The molecule has 1 aromatic heterocycles. The lowest BCUT2D eigenvalue weighted by molar-refractivity contribution is -0.0334. The van der Waals surface area contributed by atoms with Crippen LogP contribution in [0.25, 0.3) is 0 Å². The van der Waals surface area contributed by atoms with Crippen molar-refractivity contribution in [3.05, 3.63) is 24.0 Å². The zero-order chi connectivity index (χ0) is 14.9. The Balaban J connectivity index is 1.90. The number of likely N-dealkylation sites (tertiary alicyclic amines) is 1. The summed E-state index contributed by atoms with van der Waals surface area (Å²) in [5.74, 6) is -1.04. The SMILES string of the molecule is CC(C)(C)OC(=O)N1CC(C(O)c2nccnc2F)C1. The molecule has 110 valence electrons. The summed E-state index contributed by atoms with van der Waals surface area (Å²) in [7, 11) is 0. The molecule has 1 aliphatic rings. The standard InChI is InChI=1S/C13H18FN3O3/c1-13(2,3)20-12(19)17-6-8(7-17)10(18)9-11(14)16-5-4-15-9/h4-5,8,10,18H,6-7H2,1-3H3. The van der Waals surface area contributed by atoms with Gasteiger partial charge in [0.2, 0.25) is 5.95 Å². The van der Waals surface area contributed by atoms with Crippen LogP contribution in [0, 0.1) is 11.9 Å². The largest absolute Gasteiger partial charge is 0.444 e. The zero-order valence-corrected chi connectivity index (χ0v) is 11.7. The zero-order valence-electron chi connectivity index (χ0n) is 11.7. The first-order valence-corrected chi connectivity index (χ1v) is 6.40. The van der Waals surface area contributed by atoms with Crippen LogP contribution in [-0.4, -0.2) is 44.8 Å². The van der Waals surface area contributed by atoms with Crippen LogP contribution < -0.4 is 0 Å². The fourth-order valence-corrected chi connectivity index (χ4v) is 1.94. The van der Waals surface area contributed by atoms with E-state index >= 15 is 0 Å². The van der Waals surface area contributed by atoms with Gasteiger partial charge in [0.1, 0.15) is 17.4 Å². The fraction of sp³-hybridized carbons (Fsp3) is 0.615. The third-order valence-electron chi connectivity index (χ3n) is 2.97. The summed E-state index contributed by atoms with van der Waals surface area (Å²) in [5, 5.41) is 10.0. The second-order valence-electron chi connectivity index (χ2n) is 5.82. The Bertz CT molecular complexity index is 498. The molecular weight excluding hydrogens is 265 g/mol. The molecule has 0 radical (unpaired) electrons. The Morgan fingerprint density at radius 1 is 1.45 bits per heavy atom. The smallest absolute Gasteiger partial charge is 0.410 e. The third-order valence-corrected chi connectivity index (χ3v) is 2.97. The summed E-state index contributed by atoms with van der Waals surface area (Å²) in [5.41, 5.74) is -0.640. The van der Waals surface area contributed by atoms with Crippen LogP contribution in [0.2, 0.25) is 0 Å². The monoisotopic (exact) mass is 283 g/mol. The van der Waals surface area contributed by atoms with Gasteiger partial charge in [0, 0.05) is 31.4 Å². The highest BCUT2D eigenvalue weighted by Crippen LogP contribution is 2.30. The number of halogens is 1. The molecule has 0 saturated carbocycles. The highest BCUT2D eigenvalue weighted by atomic mass is 19.1. The molecule has 1 aliphatic heterocycles. The molecular formula is C13H18FN3O3. The van der Waals surface area contributed by atoms with Crippen molar-refractivity contribution >= 4 is 6.09 Å². The van der Waals surface area contributed by atoms with E-state index in [2.05, 4.69) is 9.97 Å². The van der Waals surface area contributed by atoms with Crippen molar-refractivity contribution in [3.63, 3.8) is 0 Å². The van der Waals surface area contributed by atoms with Crippen LogP contribution in [0.1, 0.15) is 32.6 Å². The molecule has 0 aliphatic carbocycles. The van der Waals surface area contributed by atoms with Gasteiger partial charge in [0.25, 0.3) is 0 Å². The minimum absolute atomic E-state index is 0.0821. The van der Waals surface area contributed by atoms with E-state index in [4.69, 9.17) is 4.74 Å². The van der Waals surface area contributed by atoms with Crippen molar-refractivity contribution in [1.29, 1.82) is 0 Å². The first kappa shape index (κ1) is 14.6. The van der Waals surface area contributed by atoms with Gasteiger partial charge in [-0.1, -0.05) is 0 Å². The minimum Gasteiger partial charge on any atom is -0.444 e. The predicted molar refractivity (Wildman–Crippen MR) is 68.2 cm³/mol. The number of ether oxygens (including phenoxy) is 1. The Labute approximate surface area is 116 Å². The van der Waals surface area contributed by atoms with Crippen LogP contribution in [0.5, 0.6) is 0 Å². The number of carbonyl (C=O) groups is 1. The quantitative estimate of drug-likeness (QED) is 0.890. The van der Waals surface area contributed by atoms with Gasteiger partial charge in [-0.25, -0.2) is 9.78 Å². The number of hydrogen-bond acceptors (Lipinski definition) is 5. The van der Waals surface area contributed by atoms with E-state index in [0.717, 1.165) is 0 Å². The number of aliphatic hydroxyl groups excluding tert-OH is 1. The topological polar surface area (TPSA) is 75.5 Å².